The molecular weight excluding hydrogens is 298 g/mol. The molecule has 3 aromatic rings. The van der Waals surface area contributed by atoms with Gasteiger partial charge in [-0.1, -0.05) is 30.3 Å². The first-order chi connectivity index (χ1) is 11.7. The average Bonchev–Trinajstić information content (AvgIpc) is 3.03. The van der Waals surface area contributed by atoms with Gasteiger partial charge >= 0.3 is 0 Å². The fourth-order valence-corrected chi connectivity index (χ4v) is 3.43. The number of nitrogens with one attached hydrogen (secondary N) is 1. The summed E-state index contributed by atoms with van der Waals surface area (Å²) in [5, 5.41) is 8.69. The van der Waals surface area contributed by atoms with E-state index in [0.717, 1.165) is 55.0 Å². The summed E-state index contributed by atoms with van der Waals surface area (Å²) in [5.41, 5.74) is 11.4. The van der Waals surface area contributed by atoms with Crippen LogP contribution in [0.3, 0.4) is 0 Å². The van der Waals surface area contributed by atoms with Gasteiger partial charge < -0.3 is 10.6 Å². The maximum atomic E-state index is 6.21. The minimum absolute atomic E-state index is 0.769. The number of anilines is 1. The predicted octanol–water partition coefficient (Wildman–Crippen LogP) is 2.56. The zero-order valence-corrected chi connectivity index (χ0v) is 14.0. The van der Waals surface area contributed by atoms with Crippen molar-refractivity contribution in [1.82, 2.24) is 20.0 Å². The van der Waals surface area contributed by atoms with E-state index in [1.165, 1.54) is 11.1 Å². The molecule has 0 spiro atoms. The molecule has 0 amide bonds. The van der Waals surface area contributed by atoms with Gasteiger partial charge in [0, 0.05) is 44.0 Å². The van der Waals surface area contributed by atoms with Crippen LogP contribution in [-0.2, 0) is 6.54 Å². The quantitative estimate of drug-likeness (QED) is 0.728. The minimum atomic E-state index is 0.769. The van der Waals surface area contributed by atoms with Gasteiger partial charge in [0.15, 0.2) is 0 Å². The van der Waals surface area contributed by atoms with Crippen LogP contribution in [0.5, 0.6) is 0 Å². The van der Waals surface area contributed by atoms with E-state index in [4.69, 9.17) is 5.73 Å². The van der Waals surface area contributed by atoms with Crippen LogP contribution >= 0.6 is 0 Å². The maximum absolute atomic E-state index is 6.21. The number of nitrogen functional groups attached to an aromatic ring is 1. The Morgan fingerprint density at radius 1 is 1.04 bits per heavy atom. The van der Waals surface area contributed by atoms with E-state index in [0.29, 0.717) is 0 Å². The summed E-state index contributed by atoms with van der Waals surface area (Å²) >= 11 is 0. The maximum Gasteiger partial charge on any atom is 0.102 e. The third-order valence-electron chi connectivity index (χ3n) is 4.88. The summed E-state index contributed by atoms with van der Waals surface area (Å²) in [5.74, 6) is 0. The molecule has 1 aromatic heterocycles. The van der Waals surface area contributed by atoms with Crippen LogP contribution in [0.2, 0.25) is 0 Å². The number of rotatable bonds is 3. The molecule has 5 heteroatoms. The molecule has 1 aliphatic heterocycles. The highest BCUT2D eigenvalue weighted by Gasteiger charge is 2.18. The highest BCUT2D eigenvalue weighted by Crippen LogP contribution is 2.33. The van der Waals surface area contributed by atoms with Crippen molar-refractivity contribution in [2.75, 3.05) is 39.0 Å². The van der Waals surface area contributed by atoms with Crippen molar-refractivity contribution < 1.29 is 0 Å². The van der Waals surface area contributed by atoms with E-state index < -0.39 is 0 Å². The highest BCUT2D eigenvalue weighted by molar-refractivity contribution is 6.01. The minimum Gasteiger partial charge on any atom is -0.398 e. The molecular formula is C19H23N5. The summed E-state index contributed by atoms with van der Waals surface area (Å²) in [4.78, 5) is 4.89. The van der Waals surface area contributed by atoms with Crippen LogP contribution < -0.4 is 5.73 Å². The van der Waals surface area contributed by atoms with E-state index in [1.54, 1.807) is 0 Å². The Morgan fingerprint density at radius 2 is 1.83 bits per heavy atom. The summed E-state index contributed by atoms with van der Waals surface area (Å²) in [6.45, 7) is 5.41. The van der Waals surface area contributed by atoms with Crippen LogP contribution in [-0.4, -0.2) is 53.2 Å². The number of aromatic amines is 1. The molecule has 0 atom stereocenters. The average molecular weight is 321 g/mol. The van der Waals surface area contributed by atoms with Gasteiger partial charge in [0.1, 0.15) is 5.69 Å². The molecule has 2 aromatic carbocycles. The van der Waals surface area contributed by atoms with Crippen LogP contribution in [0.1, 0.15) is 5.56 Å². The van der Waals surface area contributed by atoms with Crippen molar-refractivity contribution in [3.05, 3.63) is 48.0 Å². The van der Waals surface area contributed by atoms with Crippen LogP contribution in [0, 0.1) is 0 Å². The van der Waals surface area contributed by atoms with Crippen molar-refractivity contribution in [3.8, 4) is 11.3 Å². The summed E-state index contributed by atoms with van der Waals surface area (Å²) in [7, 11) is 2.18. The third-order valence-corrected chi connectivity index (χ3v) is 4.88. The molecule has 0 aliphatic carbocycles. The molecule has 1 aliphatic rings. The number of fused-ring (bicyclic) bond motifs is 1. The van der Waals surface area contributed by atoms with Crippen molar-refractivity contribution >= 4 is 16.6 Å². The van der Waals surface area contributed by atoms with E-state index in [9.17, 15) is 0 Å². The Kier molecular flexibility index (Phi) is 3.96. The number of nitrogens with two attached hydrogens (primary N) is 1. The summed E-state index contributed by atoms with van der Waals surface area (Å²) in [6, 6.07) is 14.4. The largest absolute Gasteiger partial charge is 0.398 e. The van der Waals surface area contributed by atoms with E-state index in [1.807, 2.05) is 18.2 Å². The molecule has 2 heterocycles. The van der Waals surface area contributed by atoms with Gasteiger partial charge in [0.2, 0.25) is 0 Å². The van der Waals surface area contributed by atoms with Crippen molar-refractivity contribution in [2.24, 2.45) is 0 Å². The van der Waals surface area contributed by atoms with E-state index in [2.05, 4.69) is 51.3 Å². The van der Waals surface area contributed by atoms with Gasteiger partial charge in [-0.05, 0) is 24.7 Å². The molecule has 1 saturated heterocycles. The standard InChI is InChI=1S/C19H23N5/c1-23-9-11-24(12-10-23)13-14-5-2-3-6-15(14)19-18-16(20)7-4-8-17(18)21-22-19/h2-8H,9-13,20H2,1H3,(H,21,22). The van der Waals surface area contributed by atoms with Gasteiger partial charge in [-0.25, -0.2) is 0 Å². The molecule has 3 N–H and O–H groups in total. The Bertz CT molecular complexity index is 846. The lowest BCUT2D eigenvalue weighted by Crippen LogP contribution is -2.43. The molecule has 24 heavy (non-hydrogen) atoms. The lowest BCUT2D eigenvalue weighted by atomic mass is 10.0. The Hall–Kier alpha value is -2.37. The number of benzene rings is 2. The Labute approximate surface area is 142 Å². The van der Waals surface area contributed by atoms with Crippen LogP contribution in [0.25, 0.3) is 22.2 Å². The molecule has 124 valence electrons. The van der Waals surface area contributed by atoms with Crippen LogP contribution in [0.4, 0.5) is 5.69 Å². The van der Waals surface area contributed by atoms with Crippen LogP contribution in [0.15, 0.2) is 42.5 Å². The molecule has 0 bridgehead atoms. The number of piperazine rings is 1. The second kappa shape index (κ2) is 6.26. The monoisotopic (exact) mass is 321 g/mol. The SMILES string of the molecule is CN1CCN(Cc2ccccc2-c2n[nH]c3cccc(N)c23)CC1. The second-order valence-corrected chi connectivity index (χ2v) is 6.58. The second-order valence-electron chi connectivity index (χ2n) is 6.58. The molecule has 4 rings (SSSR count). The molecule has 1 fully saturated rings. The molecule has 0 saturated carbocycles. The van der Waals surface area contributed by atoms with Gasteiger partial charge in [-0.3, -0.25) is 10.00 Å². The summed E-state index contributed by atoms with van der Waals surface area (Å²) < 4.78 is 0. The zero-order chi connectivity index (χ0) is 16.5. The number of hydrogen-bond donors (Lipinski definition) is 2. The number of likely N-dealkylation sites (N-methyl/N-ethyl adjacent to an activating group) is 1. The molecule has 0 unspecified atom stereocenters. The van der Waals surface area contributed by atoms with Crippen molar-refractivity contribution in [2.45, 2.75) is 6.54 Å². The predicted molar refractivity (Wildman–Crippen MR) is 98.7 cm³/mol. The number of nitrogens with zero attached hydrogens (tertiary/aromatic N) is 3. The first-order valence-electron chi connectivity index (χ1n) is 8.44. The Balaban J connectivity index is 1.71. The molecule has 0 radical (unpaired) electrons. The summed E-state index contributed by atoms with van der Waals surface area (Å²) in [6.07, 6.45) is 0. The first kappa shape index (κ1) is 15.2. The zero-order valence-electron chi connectivity index (χ0n) is 14.0. The molecule has 5 nitrogen and oxygen atoms in total. The van der Waals surface area contributed by atoms with Crippen molar-refractivity contribution in [3.63, 3.8) is 0 Å². The Morgan fingerprint density at radius 3 is 2.67 bits per heavy atom. The number of H-pyrrole nitrogens is 1. The lowest BCUT2D eigenvalue weighted by Gasteiger charge is -2.32. The van der Waals surface area contributed by atoms with Gasteiger partial charge in [0.05, 0.1) is 10.9 Å². The fourth-order valence-electron chi connectivity index (χ4n) is 3.43. The first-order valence-corrected chi connectivity index (χ1v) is 8.44. The smallest absolute Gasteiger partial charge is 0.102 e. The van der Waals surface area contributed by atoms with E-state index >= 15 is 0 Å². The normalized spacial score (nSPS) is 16.7. The number of aromatic nitrogens is 2. The van der Waals surface area contributed by atoms with Gasteiger partial charge in [-0.2, -0.15) is 5.10 Å². The highest BCUT2D eigenvalue weighted by atomic mass is 15.2. The third kappa shape index (κ3) is 2.77. The van der Waals surface area contributed by atoms with E-state index in [-0.39, 0.29) is 0 Å². The fraction of sp³-hybridized carbons (Fsp3) is 0.316. The number of hydrogen-bond acceptors (Lipinski definition) is 4. The van der Waals surface area contributed by atoms with Crippen molar-refractivity contribution in [1.29, 1.82) is 0 Å². The lowest BCUT2D eigenvalue weighted by molar-refractivity contribution is 0.148. The van der Waals surface area contributed by atoms with Gasteiger partial charge in [-0.15, -0.1) is 0 Å². The van der Waals surface area contributed by atoms with Gasteiger partial charge in [0.25, 0.3) is 0 Å². The topological polar surface area (TPSA) is 61.2 Å².